The molecule has 11 atom stereocenters. The number of urea groups is 1. The SMILES string of the molecule is CC1CCC2C(C)(C)C(=NNC(N)=O)C(OS(=O)(=O)c3ccccc3)CC23OC2C(CC13C)C(O)CC1C(=O)NC(O)C12. The molecular formula is C30H42N4O8S. The zero-order chi connectivity index (χ0) is 31.1. The van der Waals surface area contributed by atoms with Gasteiger partial charge in [-0.1, -0.05) is 45.9 Å². The molecule has 5 aliphatic rings. The summed E-state index contributed by atoms with van der Waals surface area (Å²) in [5, 5.41) is 29.3. The van der Waals surface area contributed by atoms with Gasteiger partial charge in [0.2, 0.25) is 5.91 Å². The van der Waals surface area contributed by atoms with Gasteiger partial charge in [0.05, 0.1) is 34.3 Å². The maximum Gasteiger partial charge on any atom is 0.332 e. The fraction of sp³-hybridized carbons (Fsp3) is 0.700. The van der Waals surface area contributed by atoms with Crippen molar-refractivity contribution >= 4 is 27.8 Å². The van der Waals surface area contributed by atoms with Crippen LogP contribution in [0, 0.1) is 40.4 Å². The number of nitrogens with two attached hydrogens (primary N) is 1. The fourth-order valence-corrected chi connectivity index (χ4v) is 10.5. The number of ether oxygens (including phenoxy) is 1. The molecule has 1 aromatic rings. The van der Waals surface area contributed by atoms with E-state index in [1.807, 2.05) is 13.8 Å². The topological polar surface area (TPSA) is 190 Å². The summed E-state index contributed by atoms with van der Waals surface area (Å²) < 4.78 is 40.5. The van der Waals surface area contributed by atoms with Crippen LogP contribution in [-0.4, -0.2) is 66.4 Å². The van der Waals surface area contributed by atoms with Crippen LogP contribution in [0.2, 0.25) is 0 Å². The van der Waals surface area contributed by atoms with Gasteiger partial charge in [-0.15, -0.1) is 0 Å². The van der Waals surface area contributed by atoms with Crippen molar-refractivity contribution in [2.24, 2.45) is 51.3 Å². The Morgan fingerprint density at radius 1 is 1.16 bits per heavy atom. The standard InChI is InChI=1S/C30H42N4O8S/c1-15-10-11-21-28(2,3)24(33-34-27(31)38)20(42-43(39,40)16-8-6-5-7-9-16)14-30(21)29(15,4)13-18-19(35)12-17-22(23(18)41-30)26(37)32-25(17)36/h5-9,15,17-23,26,35,37H,10-14H2,1-4H3,(H,32,36)(H3,31,34,38). The smallest absolute Gasteiger partial charge is 0.332 e. The van der Waals surface area contributed by atoms with Crippen molar-refractivity contribution in [2.45, 2.75) is 94.8 Å². The first-order chi connectivity index (χ1) is 20.1. The van der Waals surface area contributed by atoms with Crippen LogP contribution in [0.25, 0.3) is 0 Å². The highest BCUT2D eigenvalue weighted by molar-refractivity contribution is 7.86. The van der Waals surface area contributed by atoms with Crippen LogP contribution in [0.3, 0.4) is 0 Å². The predicted octanol–water partition coefficient (Wildman–Crippen LogP) is 1.86. The Morgan fingerprint density at radius 2 is 1.86 bits per heavy atom. The van der Waals surface area contributed by atoms with Crippen LogP contribution < -0.4 is 16.5 Å². The molecule has 2 saturated heterocycles. The lowest BCUT2D eigenvalue weighted by Crippen LogP contribution is -2.75. The van der Waals surface area contributed by atoms with E-state index in [2.05, 4.69) is 29.7 Å². The molecule has 0 aromatic heterocycles. The minimum Gasteiger partial charge on any atom is -0.393 e. The number of nitrogens with one attached hydrogen (secondary N) is 2. The molecule has 11 unspecified atom stereocenters. The largest absolute Gasteiger partial charge is 0.393 e. The van der Waals surface area contributed by atoms with Crippen molar-refractivity contribution in [1.82, 2.24) is 10.7 Å². The number of hydrogen-bond donors (Lipinski definition) is 5. The molecule has 6 rings (SSSR count). The highest BCUT2D eigenvalue weighted by atomic mass is 32.2. The fourth-order valence-electron chi connectivity index (χ4n) is 9.42. The Morgan fingerprint density at radius 3 is 2.53 bits per heavy atom. The molecular weight excluding hydrogens is 576 g/mol. The Bertz CT molecular complexity index is 1440. The van der Waals surface area contributed by atoms with E-state index in [4.69, 9.17) is 14.7 Å². The van der Waals surface area contributed by atoms with Crippen molar-refractivity contribution < 1.29 is 37.1 Å². The van der Waals surface area contributed by atoms with E-state index in [-0.39, 0.29) is 41.4 Å². The molecule has 3 saturated carbocycles. The molecule has 43 heavy (non-hydrogen) atoms. The van der Waals surface area contributed by atoms with E-state index in [1.165, 1.54) is 12.1 Å². The second-order valence-corrected chi connectivity index (χ2v) is 15.6. The van der Waals surface area contributed by atoms with Crippen molar-refractivity contribution in [3.63, 3.8) is 0 Å². The number of aliphatic hydroxyl groups is 2. The number of aliphatic hydroxyl groups excluding tert-OH is 2. The Kier molecular flexibility index (Phi) is 7.24. The quantitative estimate of drug-likeness (QED) is 0.250. The third-order valence-electron chi connectivity index (χ3n) is 11.6. The number of hydrazone groups is 1. The number of nitrogens with zero attached hydrogens (tertiary/aromatic N) is 1. The number of carbonyl (C=O) groups excluding carboxylic acids is 2. The monoisotopic (exact) mass is 618 g/mol. The first-order valence-electron chi connectivity index (χ1n) is 15.1. The van der Waals surface area contributed by atoms with Gasteiger partial charge in [0.25, 0.3) is 10.1 Å². The van der Waals surface area contributed by atoms with E-state index < -0.39 is 69.0 Å². The summed E-state index contributed by atoms with van der Waals surface area (Å²) in [6.45, 7) is 8.21. The molecule has 3 aliphatic carbocycles. The lowest BCUT2D eigenvalue weighted by molar-refractivity contribution is -0.327. The number of carbonyl (C=O) groups is 2. The Labute approximate surface area is 251 Å². The van der Waals surface area contributed by atoms with Crippen LogP contribution in [0.5, 0.6) is 0 Å². The molecule has 1 aromatic carbocycles. The van der Waals surface area contributed by atoms with E-state index in [1.54, 1.807) is 18.2 Å². The average Bonchev–Trinajstić information content (AvgIpc) is 3.21. The molecule has 0 radical (unpaired) electrons. The normalized spacial score (nSPS) is 44.4. The van der Waals surface area contributed by atoms with Gasteiger partial charge in [-0.25, -0.2) is 10.2 Å². The number of hydrogen-bond acceptors (Lipinski definition) is 9. The van der Waals surface area contributed by atoms with Gasteiger partial charge in [-0.05, 0) is 49.7 Å². The second-order valence-electron chi connectivity index (χ2n) is 14.0. The summed E-state index contributed by atoms with van der Waals surface area (Å²) in [4.78, 5) is 24.5. The van der Waals surface area contributed by atoms with Crippen LogP contribution in [0.15, 0.2) is 40.3 Å². The maximum atomic E-state index is 13.6. The molecule has 12 nitrogen and oxygen atoms in total. The molecule has 6 N–H and O–H groups in total. The van der Waals surface area contributed by atoms with Crippen LogP contribution in [-0.2, 0) is 23.8 Å². The van der Waals surface area contributed by atoms with Crippen LogP contribution >= 0.6 is 0 Å². The summed E-state index contributed by atoms with van der Waals surface area (Å²) >= 11 is 0. The van der Waals surface area contributed by atoms with Crippen molar-refractivity contribution in [3.05, 3.63) is 30.3 Å². The van der Waals surface area contributed by atoms with E-state index >= 15 is 0 Å². The molecule has 13 heteroatoms. The lowest BCUT2D eigenvalue weighted by atomic mass is 9.42. The molecule has 3 amide bonds. The van der Waals surface area contributed by atoms with Crippen molar-refractivity contribution in [1.29, 1.82) is 0 Å². The summed E-state index contributed by atoms with van der Waals surface area (Å²) in [6.07, 6.45) is -1.16. The highest BCUT2D eigenvalue weighted by Gasteiger charge is 2.72. The van der Waals surface area contributed by atoms with E-state index in [0.29, 0.717) is 12.1 Å². The number of primary amides is 1. The third kappa shape index (κ3) is 4.53. The lowest BCUT2D eigenvalue weighted by Gasteiger charge is -2.70. The number of fused-ring (bicyclic) bond motifs is 3. The third-order valence-corrected chi connectivity index (χ3v) is 13.0. The molecule has 5 fully saturated rings. The van der Waals surface area contributed by atoms with Gasteiger partial charge in [0, 0.05) is 29.1 Å². The second kappa shape index (κ2) is 10.2. The summed E-state index contributed by atoms with van der Waals surface area (Å²) in [6, 6.07) is 6.94. The van der Waals surface area contributed by atoms with Gasteiger partial charge in [-0.3, -0.25) is 8.98 Å². The molecule has 1 spiro atoms. The van der Waals surface area contributed by atoms with Crippen molar-refractivity contribution in [3.8, 4) is 0 Å². The Hall–Kier alpha value is -2.58. The summed E-state index contributed by atoms with van der Waals surface area (Å²) in [5.74, 6) is -1.82. The zero-order valence-corrected chi connectivity index (χ0v) is 25.7. The molecule has 236 valence electrons. The van der Waals surface area contributed by atoms with Crippen molar-refractivity contribution in [2.75, 3.05) is 0 Å². The molecule has 2 heterocycles. The molecule has 2 aliphatic heterocycles. The highest BCUT2D eigenvalue weighted by Crippen LogP contribution is 2.68. The van der Waals surface area contributed by atoms with E-state index in [9.17, 15) is 28.2 Å². The van der Waals surface area contributed by atoms with Crippen LogP contribution in [0.1, 0.15) is 59.8 Å². The first-order valence-corrected chi connectivity index (χ1v) is 16.5. The van der Waals surface area contributed by atoms with Gasteiger partial charge in [0.1, 0.15) is 12.3 Å². The zero-order valence-electron chi connectivity index (χ0n) is 24.9. The predicted molar refractivity (Wildman–Crippen MR) is 155 cm³/mol. The maximum absolute atomic E-state index is 13.6. The van der Waals surface area contributed by atoms with E-state index in [0.717, 1.165) is 12.8 Å². The number of amides is 3. The first kappa shape index (κ1) is 30.4. The van der Waals surface area contributed by atoms with Gasteiger partial charge >= 0.3 is 6.03 Å². The number of rotatable bonds is 4. The molecule has 0 bridgehead atoms. The Balaban J connectivity index is 1.49. The average molecular weight is 619 g/mol. The summed E-state index contributed by atoms with van der Waals surface area (Å²) in [5.41, 5.74) is 5.69. The summed E-state index contributed by atoms with van der Waals surface area (Å²) in [7, 11) is -4.27. The minimum atomic E-state index is -4.27. The van der Waals surface area contributed by atoms with Gasteiger partial charge in [-0.2, -0.15) is 13.5 Å². The van der Waals surface area contributed by atoms with Gasteiger partial charge < -0.3 is 26.0 Å². The minimum absolute atomic E-state index is 0.0176. The van der Waals surface area contributed by atoms with Gasteiger partial charge in [0.15, 0.2) is 0 Å². The van der Waals surface area contributed by atoms with Crippen LogP contribution in [0.4, 0.5) is 4.79 Å². The number of benzene rings is 1.